The molecule has 0 saturated heterocycles. The van der Waals surface area contributed by atoms with Crippen LogP contribution in [0.5, 0.6) is 11.5 Å². The van der Waals surface area contributed by atoms with Crippen LogP contribution in [0, 0.1) is 46.9 Å². The van der Waals surface area contributed by atoms with E-state index in [2.05, 4.69) is 23.5 Å². The molecule has 0 heterocycles. The van der Waals surface area contributed by atoms with Crippen molar-refractivity contribution in [3.05, 3.63) is 58.7 Å². The van der Waals surface area contributed by atoms with Crippen LogP contribution in [0.1, 0.15) is 69.9 Å². The summed E-state index contributed by atoms with van der Waals surface area (Å²) in [5.41, 5.74) is -0.902. The summed E-state index contributed by atoms with van der Waals surface area (Å²) in [6, 6.07) is 4.15. The SMILES string of the molecule is CCCC1CCC(COc2ccc(C#Cc3ccc(OC(F)(F)CC)c(F)c3F)c(F)c2F)CC1. The number of hydrogen-bond donors (Lipinski definition) is 0. The lowest BCUT2D eigenvalue weighted by Gasteiger charge is -2.28. The van der Waals surface area contributed by atoms with Gasteiger partial charge < -0.3 is 9.47 Å². The molecule has 0 amide bonds. The molecule has 0 atom stereocenters. The molecule has 35 heavy (non-hydrogen) atoms. The quantitative estimate of drug-likeness (QED) is 0.271. The molecule has 1 aliphatic rings. The zero-order valence-electron chi connectivity index (χ0n) is 19.7. The van der Waals surface area contributed by atoms with Gasteiger partial charge in [0.15, 0.2) is 23.1 Å². The molecule has 1 saturated carbocycles. The fourth-order valence-electron chi connectivity index (χ4n) is 4.12. The fourth-order valence-corrected chi connectivity index (χ4v) is 4.12. The van der Waals surface area contributed by atoms with E-state index in [4.69, 9.17) is 4.74 Å². The van der Waals surface area contributed by atoms with E-state index in [1.807, 2.05) is 0 Å². The minimum Gasteiger partial charge on any atom is -0.490 e. The van der Waals surface area contributed by atoms with E-state index in [9.17, 15) is 26.3 Å². The molecular formula is C27H28F6O2. The second-order valence-corrected chi connectivity index (χ2v) is 8.81. The van der Waals surface area contributed by atoms with Crippen LogP contribution >= 0.6 is 0 Å². The summed E-state index contributed by atoms with van der Waals surface area (Å²) in [4.78, 5) is 0. The monoisotopic (exact) mass is 498 g/mol. The summed E-state index contributed by atoms with van der Waals surface area (Å²) in [6.07, 6.45) is 2.15. The number of hydrogen-bond acceptors (Lipinski definition) is 2. The summed E-state index contributed by atoms with van der Waals surface area (Å²) in [7, 11) is 0. The van der Waals surface area contributed by atoms with Crippen LogP contribution in [0.25, 0.3) is 0 Å². The van der Waals surface area contributed by atoms with Gasteiger partial charge in [-0.25, -0.2) is 8.78 Å². The van der Waals surface area contributed by atoms with Crippen molar-refractivity contribution < 1.29 is 35.8 Å². The molecule has 1 fully saturated rings. The third kappa shape index (κ3) is 6.87. The predicted octanol–water partition coefficient (Wildman–Crippen LogP) is 8.01. The molecule has 0 aliphatic heterocycles. The van der Waals surface area contributed by atoms with Gasteiger partial charge in [0.1, 0.15) is 0 Å². The maximum Gasteiger partial charge on any atom is 0.397 e. The van der Waals surface area contributed by atoms with Crippen molar-refractivity contribution in [2.45, 2.75) is 64.9 Å². The van der Waals surface area contributed by atoms with Crippen molar-refractivity contribution in [3.8, 4) is 23.3 Å². The van der Waals surface area contributed by atoms with Crippen molar-refractivity contribution in [1.29, 1.82) is 0 Å². The van der Waals surface area contributed by atoms with Gasteiger partial charge in [0, 0.05) is 6.42 Å². The molecule has 2 aromatic carbocycles. The lowest BCUT2D eigenvalue weighted by Crippen LogP contribution is -2.24. The van der Waals surface area contributed by atoms with E-state index in [1.54, 1.807) is 0 Å². The first kappa shape index (κ1) is 26.8. The molecule has 0 N–H and O–H groups in total. The fraction of sp³-hybridized carbons (Fsp3) is 0.481. The number of benzene rings is 2. The Labute approximate surface area is 201 Å². The van der Waals surface area contributed by atoms with Gasteiger partial charge in [0.2, 0.25) is 11.6 Å². The van der Waals surface area contributed by atoms with Crippen LogP contribution in [0.4, 0.5) is 26.3 Å². The third-order valence-electron chi connectivity index (χ3n) is 6.23. The van der Waals surface area contributed by atoms with Crippen LogP contribution in [0.2, 0.25) is 0 Å². The Balaban J connectivity index is 1.68. The van der Waals surface area contributed by atoms with Crippen molar-refractivity contribution >= 4 is 0 Å². The average Bonchev–Trinajstić information content (AvgIpc) is 2.84. The minimum atomic E-state index is -3.67. The molecule has 3 rings (SSSR count). The normalized spacial score (nSPS) is 18.1. The van der Waals surface area contributed by atoms with Crippen LogP contribution in [0.15, 0.2) is 24.3 Å². The maximum absolute atomic E-state index is 14.5. The van der Waals surface area contributed by atoms with Crippen molar-refractivity contribution in [2.24, 2.45) is 11.8 Å². The van der Waals surface area contributed by atoms with Crippen LogP contribution in [-0.4, -0.2) is 12.7 Å². The van der Waals surface area contributed by atoms with E-state index < -0.39 is 47.1 Å². The minimum absolute atomic E-state index is 0.237. The summed E-state index contributed by atoms with van der Waals surface area (Å²) in [5.74, 6) is -1.42. The van der Waals surface area contributed by atoms with Crippen molar-refractivity contribution in [1.82, 2.24) is 0 Å². The van der Waals surface area contributed by atoms with Gasteiger partial charge in [-0.05, 0) is 48.9 Å². The second kappa shape index (κ2) is 11.7. The summed E-state index contributed by atoms with van der Waals surface area (Å²) >= 11 is 0. The molecule has 0 unspecified atom stereocenters. The number of halogens is 6. The highest BCUT2D eigenvalue weighted by atomic mass is 19.3. The van der Waals surface area contributed by atoms with Gasteiger partial charge in [-0.3, -0.25) is 0 Å². The number of ether oxygens (including phenoxy) is 2. The van der Waals surface area contributed by atoms with Gasteiger partial charge in [0.05, 0.1) is 17.7 Å². The molecule has 0 spiro atoms. The smallest absolute Gasteiger partial charge is 0.397 e. The molecule has 2 nitrogen and oxygen atoms in total. The van der Waals surface area contributed by atoms with Crippen molar-refractivity contribution in [2.75, 3.05) is 6.61 Å². The molecule has 2 aromatic rings. The van der Waals surface area contributed by atoms with E-state index in [1.165, 1.54) is 18.6 Å². The van der Waals surface area contributed by atoms with Gasteiger partial charge in [0.25, 0.3) is 0 Å². The third-order valence-corrected chi connectivity index (χ3v) is 6.23. The second-order valence-electron chi connectivity index (χ2n) is 8.81. The number of rotatable bonds is 8. The Kier molecular flexibility index (Phi) is 8.98. The highest BCUT2D eigenvalue weighted by Gasteiger charge is 2.31. The molecule has 8 heteroatoms. The maximum atomic E-state index is 14.5. The van der Waals surface area contributed by atoms with E-state index in [0.29, 0.717) is 0 Å². The summed E-state index contributed by atoms with van der Waals surface area (Å²) in [6.45, 7) is 3.57. The van der Waals surface area contributed by atoms with Gasteiger partial charge in [-0.2, -0.15) is 17.6 Å². The van der Waals surface area contributed by atoms with E-state index in [0.717, 1.165) is 57.1 Å². The lowest BCUT2D eigenvalue weighted by atomic mass is 9.80. The highest BCUT2D eigenvalue weighted by Crippen LogP contribution is 2.33. The summed E-state index contributed by atoms with van der Waals surface area (Å²) in [5, 5.41) is 0. The Bertz CT molecular complexity index is 1080. The van der Waals surface area contributed by atoms with Crippen LogP contribution in [0.3, 0.4) is 0 Å². The first-order chi connectivity index (χ1) is 16.6. The van der Waals surface area contributed by atoms with E-state index in [-0.39, 0.29) is 23.8 Å². The standard InChI is InChI=1S/C27H28F6O2/c1-3-5-17-6-8-18(9-7-17)16-34-21-14-12-19(23(28)25(21)30)10-11-20-13-15-22(26(31)24(20)29)35-27(32,33)4-2/h12-15,17-18H,3-9,16H2,1-2H3. The average molecular weight is 499 g/mol. The van der Waals surface area contributed by atoms with Gasteiger partial charge in [-0.1, -0.05) is 51.4 Å². The molecule has 0 aromatic heterocycles. The van der Waals surface area contributed by atoms with E-state index >= 15 is 0 Å². The Hall–Kier alpha value is -2.82. The molecular weight excluding hydrogens is 470 g/mol. The molecule has 0 bridgehead atoms. The highest BCUT2D eigenvalue weighted by molar-refractivity contribution is 5.47. The van der Waals surface area contributed by atoms with Gasteiger partial charge >= 0.3 is 6.11 Å². The Morgan fingerprint density at radius 2 is 1.29 bits per heavy atom. The van der Waals surface area contributed by atoms with Crippen molar-refractivity contribution in [3.63, 3.8) is 0 Å². The zero-order chi connectivity index (χ0) is 25.6. The first-order valence-corrected chi connectivity index (χ1v) is 11.8. The Morgan fingerprint density at radius 3 is 1.83 bits per heavy atom. The lowest BCUT2D eigenvalue weighted by molar-refractivity contribution is -0.178. The first-order valence-electron chi connectivity index (χ1n) is 11.8. The topological polar surface area (TPSA) is 18.5 Å². The molecule has 1 aliphatic carbocycles. The van der Waals surface area contributed by atoms with Crippen LogP contribution in [-0.2, 0) is 0 Å². The largest absolute Gasteiger partial charge is 0.490 e. The summed E-state index contributed by atoms with van der Waals surface area (Å²) < 4.78 is 93.7. The van der Waals surface area contributed by atoms with Crippen LogP contribution < -0.4 is 9.47 Å². The zero-order valence-corrected chi connectivity index (χ0v) is 19.7. The molecule has 0 radical (unpaired) electrons. The van der Waals surface area contributed by atoms with Gasteiger partial charge in [-0.15, -0.1) is 0 Å². The Morgan fingerprint density at radius 1 is 0.771 bits per heavy atom. The predicted molar refractivity (Wildman–Crippen MR) is 120 cm³/mol. The molecule has 190 valence electrons. The number of alkyl halides is 2.